The average Bonchev–Trinajstić information content (AvgIpc) is 2.99. The Morgan fingerprint density at radius 3 is 2.32 bits per heavy atom. The molecular weight excluding hydrogens is 388 g/mol. The van der Waals surface area contributed by atoms with Gasteiger partial charge in [-0.3, -0.25) is 9.69 Å². The van der Waals surface area contributed by atoms with Crippen LogP contribution in [-0.2, 0) is 11.2 Å². The van der Waals surface area contributed by atoms with Gasteiger partial charge < -0.3 is 4.90 Å². The van der Waals surface area contributed by atoms with Gasteiger partial charge in [0.05, 0.1) is 0 Å². The van der Waals surface area contributed by atoms with Gasteiger partial charge in [-0.25, -0.2) is 9.97 Å². The normalized spacial score (nSPS) is 30.6. The van der Waals surface area contributed by atoms with Crippen molar-refractivity contribution in [3.05, 3.63) is 18.0 Å². The number of thiol groups is 1. The van der Waals surface area contributed by atoms with Crippen molar-refractivity contribution in [2.45, 2.75) is 57.0 Å². The van der Waals surface area contributed by atoms with Crippen LogP contribution in [0.4, 0.5) is 5.95 Å². The first kappa shape index (κ1) is 20.5. The third-order valence-electron chi connectivity index (χ3n) is 6.80. The fourth-order valence-electron chi connectivity index (χ4n) is 5.33. The van der Waals surface area contributed by atoms with Crippen LogP contribution in [0.2, 0.25) is 0 Å². The van der Waals surface area contributed by atoms with Crippen molar-refractivity contribution in [3.63, 3.8) is 0 Å². The fourth-order valence-corrected chi connectivity index (χ4v) is 6.18. The molecule has 0 aromatic carbocycles. The first-order valence-electron chi connectivity index (χ1n) is 10.7. The molecule has 5 nitrogen and oxygen atoms in total. The first-order chi connectivity index (χ1) is 13.7. The molecule has 2 unspecified atom stereocenters. The van der Waals surface area contributed by atoms with E-state index >= 15 is 0 Å². The largest absolute Gasteiger partial charge is 0.332 e. The van der Waals surface area contributed by atoms with Gasteiger partial charge in [-0.05, 0) is 62.7 Å². The number of rotatable bonds is 6. The van der Waals surface area contributed by atoms with Crippen molar-refractivity contribution >= 4 is 35.5 Å². The van der Waals surface area contributed by atoms with Gasteiger partial charge in [0.25, 0.3) is 0 Å². The molecule has 1 aliphatic carbocycles. The van der Waals surface area contributed by atoms with E-state index in [1.54, 1.807) is 0 Å². The summed E-state index contributed by atoms with van der Waals surface area (Å²) in [5, 5.41) is 0.371. The minimum absolute atomic E-state index is 0.279. The number of carbonyl (C=O) groups is 1. The Kier molecular flexibility index (Phi) is 6.84. The number of piperazine rings is 1. The molecular formula is C21H32N4OS2. The van der Waals surface area contributed by atoms with Crippen LogP contribution >= 0.6 is 24.4 Å². The molecule has 2 atom stereocenters. The maximum atomic E-state index is 11.9. The third-order valence-corrected chi connectivity index (χ3v) is 7.74. The molecule has 3 heterocycles. The van der Waals surface area contributed by atoms with Crippen LogP contribution in [0.15, 0.2) is 12.4 Å². The fraction of sp³-hybridized carbons (Fsp3) is 0.762. The standard InChI is InChI=1S/C21H32N4OS2/c1-28-20(26)17-4-2-15(3-5-17)10-16-11-22-21(23-12-16)25-18-6-7-19(25)14-24(13-18)8-9-27/h11-12,15,17-19,27H,2-10,13-14H2,1H3/t15-,17+,18?,19?. The van der Waals surface area contributed by atoms with Gasteiger partial charge >= 0.3 is 0 Å². The van der Waals surface area contributed by atoms with Crippen LogP contribution in [0.3, 0.4) is 0 Å². The van der Waals surface area contributed by atoms with E-state index in [0.29, 0.717) is 23.1 Å². The summed E-state index contributed by atoms with van der Waals surface area (Å²) in [6.07, 6.45) is 13.9. The van der Waals surface area contributed by atoms with Crippen LogP contribution in [0.25, 0.3) is 0 Å². The number of aromatic nitrogens is 2. The third kappa shape index (κ3) is 4.51. The Labute approximate surface area is 178 Å². The molecule has 2 aliphatic heterocycles. The second-order valence-electron chi connectivity index (χ2n) is 8.61. The SMILES string of the molecule is CSC(=O)[C@H]1CC[C@@H](Cc2cnc(N3C4CCC3CN(CCS)C4)nc2)CC1. The van der Waals surface area contributed by atoms with Crippen LogP contribution in [0, 0.1) is 11.8 Å². The van der Waals surface area contributed by atoms with Gasteiger partial charge in [-0.15, -0.1) is 0 Å². The molecule has 1 saturated carbocycles. The Morgan fingerprint density at radius 1 is 1.11 bits per heavy atom. The molecule has 7 heteroatoms. The van der Waals surface area contributed by atoms with E-state index in [9.17, 15) is 4.79 Å². The molecule has 1 aromatic rings. The second kappa shape index (κ2) is 9.35. The Balaban J connectivity index is 1.32. The molecule has 4 rings (SSSR count). The molecule has 2 bridgehead atoms. The summed E-state index contributed by atoms with van der Waals surface area (Å²) in [6, 6.07) is 1.10. The molecule has 1 aromatic heterocycles. The highest BCUT2D eigenvalue weighted by molar-refractivity contribution is 8.13. The maximum Gasteiger partial charge on any atom is 0.225 e. The summed E-state index contributed by atoms with van der Waals surface area (Å²) in [5.74, 6) is 2.79. The summed E-state index contributed by atoms with van der Waals surface area (Å²) in [4.78, 5) is 26.4. The van der Waals surface area contributed by atoms with Crippen LogP contribution in [0.1, 0.15) is 44.1 Å². The van der Waals surface area contributed by atoms with E-state index in [-0.39, 0.29) is 5.92 Å². The van der Waals surface area contributed by atoms with Gasteiger partial charge in [-0.1, -0.05) is 11.8 Å². The van der Waals surface area contributed by atoms with Gasteiger partial charge in [0.1, 0.15) is 0 Å². The molecule has 154 valence electrons. The topological polar surface area (TPSA) is 49.3 Å². The zero-order chi connectivity index (χ0) is 19.5. The molecule has 0 spiro atoms. The number of thioether (sulfide) groups is 1. The highest BCUT2D eigenvalue weighted by Crippen LogP contribution is 2.34. The highest BCUT2D eigenvalue weighted by atomic mass is 32.2. The van der Waals surface area contributed by atoms with E-state index in [0.717, 1.165) is 63.4 Å². The van der Waals surface area contributed by atoms with Gasteiger partial charge in [0.2, 0.25) is 5.95 Å². The van der Waals surface area contributed by atoms with Crippen molar-refractivity contribution in [2.24, 2.45) is 11.8 Å². The number of carbonyl (C=O) groups excluding carboxylic acids is 1. The summed E-state index contributed by atoms with van der Waals surface area (Å²) in [6.45, 7) is 3.30. The Hall–Kier alpha value is -0.790. The van der Waals surface area contributed by atoms with E-state index in [1.165, 1.54) is 30.2 Å². The number of fused-ring (bicyclic) bond motifs is 2. The summed E-state index contributed by atoms with van der Waals surface area (Å²) >= 11 is 5.78. The predicted molar refractivity (Wildman–Crippen MR) is 119 cm³/mol. The van der Waals surface area contributed by atoms with Crippen LogP contribution in [0.5, 0.6) is 0 Å². The summed E-state index contributed by atoms with van der Waals surface area (Å²) in [5.41, 5.74) is 1.24. The monoisotopic (exact) mass is 420 g/mol. The first-order valence-corrected chi connectivity index (χ1v) is 12.5. The quantitative estimate of drug-likeness (QED) is 0.713. The predicted octanol–water partition coefficient (Wildman–Crippen LogP) is 3.30. The maximum absolute atomic E-state index is 11.9. The molecule has 3 fully saturated rings. The molecule has 3 aliphatic rings. The van der Waals surface area contributed by atoms with Crippen molar-refractivity contribution in [3.8, 4) is 0 Å². The molecule has 0 amide bonds. The van der Waals surface area contributed by atoms with Crippen LogP contribution in [-0.4, -0.2) is 63.7 Å². The van der Waals surface area contributed by atoms with Gasteiger partial charge in [0, 0.05) is 55.8 Å². The number of nitrogens with zero attached hydrogens (tertiary/aromatic N) is 4. The lowest BCUT2D eigenvalue weighted by molar-refractivity contribution is -0.115. The minimum Gasteiger partial charge on any atom is -0.332 e. The van der Waals surface area contributed by atoms with E-state index in [4.69, 9.17) is 9.97 Å². The number of likely N-dealkylation sites (tertiary alicyclic amines) is 1. The lowest BCUT2D eigenvalue weighted by Crippen LogP contribution is -2.54. The van der Waals surface area contributed by atoms with Crippen molar-refractivity contribution in [1.29, 1.82) is 0 Å². The lowest BCUT2D eigenvalue weighted by Gasteiger charge is -2.41. The highest BCUT2D eigenvalue weighted by Gasteiger charge is 2.40. The van der Waals surface area contributed by atoms with Crippen molar-refractivity contribution in [2.75, 3.05) is 36.5 Å². The number of hydrogen-bond donors (Lipinski definition) is 1. The van der Waals surface area contributed by atoms with Gasteiger partial charge in [-0.2, -0.15) is 12.6 Å². The van der Waals surface area contributed by atoms with E-state index in [1.807, 2.05) is 18.6 Å². The lowest BCUT2D eigenvalue weighted by atomic mass is 9.80. The average molecular weight is 421 g/mol. The second-order valence-corrected chi connectivity index (χ2v) is 9.87. The molecule has 0 N–H and O–H groups in total. The molecule has 2 saturated heterocycles. The van der Waals surface area contributed by atoms with Gasteiger partial charge in [0.15, 0.2) is 5.12 Å². The number of anilines is 1. The zero-order valence-corrected chi connectivity index (χ0v) is 18.5. The zero-order valence-electron chi connectivity index (χ0n) is 16.8. The number of hydrogen-bond acceptors (Lipinski definition) is 7. The van der Waals surface area contributed by atoms with E-state index in [2.05, 4.69) is 22.4 Å². The smallest absolute Gasteiger partial charge is 0.225 e. The summed E-state index contributed by atoms with van der Waals surface area (Å²) < 4.78 is 0. The minimum atomic E-state index is 0.279. The summed E-state index contributed by atoms with van der Waals surface area (Å²) in [7, 11) is 0. The van der Waals surface area contributed by atoms with Crippen LogP contribution < -0.4 is 4.90 Å². The Bertz CT molecular complexity index is 649. The molecule has 0 radical (unpaired) electrons. The Morgan fingerprint density at radius 2 is 1.75 bits per heavy atom. The van der Waals surface area contributed by atoms with E-state index < -0.39 is 0 Å². The van der Waals surface area contributed by atoms with Crippen molar-refractivity contribution < 1.29 is 4.79 Å². The molecule has 28 heavy (non-hydrogen) atoms. The van der Waals surface area contributed by atoms with Crippen molar-refractivity contribution in [1.82, 2.24) is 14.9 Å².